The first-order valence-electron chi connectivity index (χ1n) is 5.69. The zero-order chi connectivity index (χ0) is 11.4. The molecule has 0 amide bonds. The number of esters is 1. The van der Waals surface area contributed by atoms with E-state index < -0.39 is 0 Å². The van der Waals surface area contributed by atoms with Crippen LogP contribution in [0.3, 0.4) is 0 Å². The average molecular weight is 236 g/mol. The van der Waals surface area contributed by atoms with Crippen molar-refractivity contribution in [1.29, 1.82) is 0 Å². The monoisotopic (exact) mass is 236 g/mol. The Bertz CT molecular complexity index is 372. The lowest BCUT2D eigenvalue weighted by Crippen LogP contribution is -2.04. The summed E-state index contributed by atoms with van der Waals surface area (Å²) < 4.78 is 4.97. The third kappa shape index (κ3) is 3.27. The molecule has 16 heavy (non-hydrogen) atoms. The molecule has 0 atom stereocenters. The summed E-state index contributed by atoms with van der Waals surface area (Å²) in [5.41, 5.74) is 0.655. The van der Waals surface area contributed by atoms with Crippen LogP contribution in [0.4, 0.5) is 0 Å². The molecule has 86 valence electrons. The minimum Gasteiger partial charge on any atom is -0.462 e. The van der Waals surface area contributed by atoms with Crippen LogP contribution in [0.2, 0.25) is 0 Å². The summed E-state index contributed by atoms with van der Waals surface area (Å²) in [7, 11) is 0. The molecule has 0 saturated heterocycles. The van der Waals surface area contributed by atoms with Crippen molar-refractivity contribution in [3.63, 3.8) is 0 Å². The highest BCUT2D eigenvalue weighted by atomic mass is 32.2. The van der Waals surface area contributed by atoms with E-state index in [0.29, 0.717) is 12.2 Å². The minimum atomic E-state index is -0.226. The van der Waals surface area contributed by atoms with Gasteiger partial charge in [0, 0.05) is 10.6 Å². The fraction of sp³-hybridized carbons (Fsp3) is 0.462. The van der Waals surface area contributed by atoms with Gasteiger partial charge in [0.15, 0.2) is 0 Å². The topological polar surface area (TPSA) is 26.3 Å². The molecule has 1 fully saturated rings. The Morgan fingerprint density at radius 1 is 1.50 bits per heavy atom. The van der Waals surface area contributed by atoms with Crippen LogP contribution in [0.25, 0.3) is 0 Å². The van der Waals surface area contributed by atoms with Gasteiger partial charge in [-0.3, -0.25) is 0 Å². The highest BCUT2D eigenvalue weighted by molar-refractivity contribution is 7.99. The van der Waals surface area contributed by atoms with Crippen LogP contribution < -0.4 is 0 Å². The average Bonchev–Trinajstić information content (AvgIpc) is 3.11. The molecule has 0 spiro atoms. The Kier molecular flexibility index (Phi) is 3.88. The number of ether oxygens (including phenoxy) is 1. The van der Waals surface area contributed by atoms with Gasteiger partial charge < -0.3 is 4.74 Å². The van der Waals surface area contributed by atoms with Gasteiger partial charge in [0.1, 0.15) is 0 Å². The van der Waals surface area contributed by atoms with Gasteiger partial charge in [-0.1, -0.05) is 6.07 Å². The molecule has 1 saturated carbocycles. The van der Waals surface area contributed by atoms with Gasteiger partial charge in [-0.25, -0.2) is 4.79 Å². The van der Waals surface area contributed by atoms with Gasteiger partial charge in [0.2, 0.25) is 0 Å². The standard InChI is InChI=1S/C13H16O2S/c1-2-15-13(14)11-4-3-5-12(8-11)16-9-10-6-7-10/h3-5,8,10H,2,6-7,9H2,1H3. The van der Waals surface area contributed by atoms with Crippen molar-refractivity contribution in [2.24, 2.45) is 5.92 Å². The first-order valence-corrected chi connectivity index (χ1v) is 6.68. The van der Waals surface area contributed by atoms with Crippen LogP contribution in [0.1, 0.15) is 30.1 Å². The number of carbonyl (C=O) groups excluding carboxylic acids is 1. The van der Waals surface area contributed by atoms with Crippen molar-refractivity contribution in [3.05, 3.63) is 29.8 Å². The molecule has 1 aliphatic rings. The molecule has 0 bridgehead atoms. The maximum Gasteiger partial charge on any atom is 0.338 e. The number of benzene rings is 1. The lowest BCUT2D eigenvalue weighted by atomic mass is 10.2. The quantitative estimate of drug-likeness (QED) is 0.579. The summed E-state index contributed by atoms with van der Waals surface area (Å²) in [5, 5.41) is 0. The Hall–Kier alpha value is -0.960. The minimum absolute atomic E-state index is 0.226. The van der Waals surface area contributed by atoms with Crippen molar-refractivity contribution in [3.8, 4) is 0 Å². The second-order valence-corrected chi connectivity index (χ2v) is 5.10. The normalized spacial score (nSPS) is 14.8. The van der Waals surface area contributed by atoms with E-state index in [1.54, 1.807) is 6.07 Å². The van der Waals surface area contributed by atoms with Gasteiger partial charge in [-0.15, -0.1) is 11.8 Å². The summed E-state index contributed by atoms with van der Waals surface area (Å²) in [4.78, 5) is 12.7. The van der Waals surface area contributed by atoms with Crippen LogP contribution in [-0.4, -0.2) is 18.3 Å². The molecule has 2 rings (SSSR count). The molecule has 0 aliphatic heterocycles. The fourth-order valence-electron chi connectivity index (χ4n) is 1.43. The summed E-state index contributed by atoms with van der Waals surface area (Å²) in [5.74, 6) is 1.85. The highest BCUT2D eigenvalue weighted by Crippen LogP contribution is 2.35. The zero-order valence-electron chi connectivity index (χ0n) is 9.44. The number of thioether (sulfide) groups is 1. The molecular weight excluding hydrogens is 220 g/mol. The molecule has 0 aromatic heterocycles. The van der Waals surface area contributed by atoms with E-state index in [1.165, 1.54) is 18.6 Å². The lowest BCUT2D eigenvalue weighted by Gasteiger charge is -2.04. The van der Waals surface area contributed by atoms with E-state index in [9.17, 15) is 4.79 Å². The van der Waals surface area contributed by atoms with Crippen LogP contribution in [-0.2, 0) is 4.74 Å². The van der Waals surface area contributed by atoms with E-state index >= 15 is 0 Å². The molecule has 0 heterocycles. The summed E-state index contributed by atoms with van der Waals surface area (Å²) in [6.45, 7) is 2.25. The number of carbonyl (C=O) groups is 1. The SMILES string of the molecule is CCOC(=O)c1cccc(SCC2CC2)c1. The number of rotatable bonds is 5. The molecular formula is C13H16O2S. The molecule has 2 nitrogen and oxygen atoms in total. The van der Waals surface area contributed by atoms with Crippen molar-refractivity contribution in [1.82, 2.24) is 0 Å². The molecule has 0 radical (unpaired) electrons. The fourth-order valence-corrected chi connectivity index (χ4v) is 2.57. The van der Waals surface area contributed by atoms with E-state index in [0.717, 1.165) is 10.8 Å². The summed E-state index contributed by atoms with van der Waals surface area (Å²) in [6.07, 6.45) is 2.73. The number of hydrogen-bond acceptors (Lipinski definition) is 3. The smallest absolute Gasteiger partial charge is 0.338 e. The second kappa shape index (κ2) is 5.39. The molecule has 0 unspecified atom stereocenters. The Labute approximate surface area is 100 Å². The van der Waals surface area contributed by atoms with Gasteiger partial charge in [0.25, 0.3) is 0 Å². The first-order chi connectivity index (χ1) is 7.79. The zero-order valence-corrected chi connectivity index (χ0v) is 10.3. The van der Waals surface area contributed by atoms with Gasteiger partial charge in [-0.2, -0.15) is 0 Å². The first kappa shape index (κ1) is 11.5. The third-order valence-corrected chi connectivity index (χ3v) is 3.75. The van der Waals surface area contributed by atoms with Crippen molar-refractivity contribution >= 4 is 17.7 Å². The van der Waals surface area contributed by atoms with E-state index in [1.807, 2.05) is 30.8 Å². The van der Waals surface area contributed by atoms with Crippen molar-refractivity contribution < 1.29 is 9.53 Å². The molecule has 1 aromatic rings. The molecule has 3 heteroatoms. The van der Waals surface area contributed by atoms with Crippen LogP contribution in [0, 0.1) is 5.92 Å². The lowest BCUT2D eigenvalue weighted by molar-refractivity contribution is 0.0526. The predicted molar refractivity (Wildman–Crippen MR) is 65.8 cm³/mol. The Balaban J connectivity index is 1.97. The molecule has 1 aromatic carbocycles. The summed E-state index contributed by atoms with van der Waals surface area (Å²) in [6, 6.07) is 7.70. The number of hydrogen-bond donors (Lipinski definition) is 0. The third-order valence-electron chi connectivity index (χ3n) is 2.53. The van der Waals surface area contributed by atoms with E-state index in [2.05, 4.69) is 6.07 Å². The maximum atomic E-state index is 11.5. The van der Waals surface area contributed by atoms with E-state index in [4.69, 9.17) is 4.74 Å². The van der Waals surface area contributed by atoms with E-state index in [-0.39, 0.29) is 5.97 Å². The largest absolute Gasteiger partial charge is 0.462 e. The van der Waals surface area contributed by atoms with Crippen molar-refractivity contribution in [2.45, 2.75) is 24.7 Å². The maximum absolute atomic E-state index is 11.5. The second-order valence-electron chi connectivity index (χ2n) is 4.00. The van der Waals surface area contributed by atoms with Gasteiger partial charge in [-0.05, 0) is 43.9 Å². The van der Waals surface area contributed by atoms with Crippen molar-refractivity contribution in [2.75, 3.05) is 12.4 Å². The van der Waals surface area contributed by atoms with Gasteiger partial charge in [0.05, 0.1) is 12.2 Å². The predicted octanol–water partition coefficient (Wildman–Crippen LogP) is 3.37. The molecule has 0 N–H and O–H groups in total. The summed E-state index contributed by atoms with van der Waals surface area (Å²) >= 11 is 1.83. The van der Waals surface area contributed by atoms with Gasteiger partial charge >= 0.3 is 5.97 Å². The van der Waals surface area contributed by atoms with Crippen LogP contribution >= 0.6 is 11.8 Å². The Morgan fingerprint density at radius 3 is 3.00 bits per heavy atom. The van der Waals surface area contributed by atoms with Crippen LogP contribution in [0.15, 0.2) is 29.2 Å². The Morgan fingerprint density at radius 2 is 2.31 bits per heavy atom. The highest BCUT2D eigenvalue weighted by Gasteiger charge is 2.21. The molecule has 1 aliphatic carbocycles. The van der Waals surface area contributed by atoms with Crippen LogP contribution in [0.5, 0.6) is 0 Å².